The van der Waals surface area contributed by atoms with Gasteiger partial charge in [0.05, 0.1) is 0 Å². The number of hydrogen-bond acceptors (Lipinski definition) is 1. The van der Waals surface area contributed by atoms with E-state index in [0.717, 1.165) is 25.9 Å². The van der Waals surface area contributed by atoms with Crippen LogP contribution < -0.4 is 0 Å². The van der Waals surface area contributed by atoms with Crippen LogP contribution in [0.2, 0.25) is 0 Å². The summed E-state index contributed by atoms with van der Waals surface area (Å²) in [5, 5.41) is 0. The molecule has 0 N–H and O–H groups in total. The van der Waals surface area contributed by atoms with E-state index in [0.29, 0.717) is 6.42 Å². The van der Waals surface area contributed by atoms with Gasteiger partial charge in [0.25, 0.3) is 0 Å². The van der Waals surface area contributed by atoms with Gasteiger partial charge in [0.15, 0.2) is 0 Å². The van der Waals surface area contributed by atoms with Gasteiger partial charge in [-0.1, -0.05) is 25.8 Å². The van der Waals surface area contributed by atoms with Gasteiger partial charge in [0.2, 0.25) is 0 Å². The maximum Gasteiger partial charge on any atom is 0.129 e. The minimum Gasteiger partial charge on any atom is -0.300 e. The molecule has 19 heavy (non-hydrogen) atoms. The molecule has 2 rings (SSSR count). The van der Waals surface area contributed by atoms with Crippen molar-refractivity contribution in [3.63, 3.8) is 0 Å². The minimum absolute atomic E-state index is 0.256. The van der Waals surface area contributed by atoms with Crippen LogP contribution in [0.1, 0.15) is 44.6 Å². The Balaban J connectivity index is 2.11. The van der Waals surface area contributed by atoms with Crippen LogP contribution in [0.15, 0.2) is 18.2 Å². The molecule has 1 heterocycles. The lowest BCUT2D eigenvalue weighted by Gasteiger charge is -2.34. The molecule has 1 atom stereocenters. The highest BCUT2D eigenvalue weighted by Crippen LogP contribution is 2.22. The first kappa shape index (κ1) is 14.4. The maximum atomic E-state index is 13.8. The van der Waals surface area contributed by atoms with E-state index in [-0.39, 0.29) is 11.6 Å². The summed E-state index contributed by atoms with van der Waals surface area (Å²) in [5.41, 5.74) is 0.256. The van der Waals surface area contributed by atoms with Gasteiger partial charge >= 0.3 is 0 Å². The third-order valence-corrected chi connectivity index (χ3v) is 4.03. The van der Waals surface area contributed by atoms with Crippen LogP contribution in [-0.4, -0.2) is 24.0 Å². The molecule has 0 radical (unpaired) electrons. The van der Waals surface area contributed by atoms with Crippen LogP contribution in [0.25, 0.3) is 0 Å². The van der Waals surface area contributed by atoms with Gasteiger partial charge in [-0.25, -0.2) is 8.78 Å². The molecule has 0 bridgehead atoms. The lowest BCUT2D eigenvalue weighted by molar-refractivity contribution is 0.152. The zero-order valence-electron chi connectivity index (χ0n) is 11.7. The molecule has 1 saturated heterocycles. The predicted molar refractivity (Wildman–Crippen MR) is 74.2 cm³/mol. The maximum absolute atomic E-state index is 13.8. The van der Waals surface area contributed by atoms with Crippen molar-refractivity contribution in [2.45, 2.75) is 51.5 Å². The summed E-state index contributed by atoms with van der Waals surface area (Å²) in [7, 11) is 0. The first-order valence-electron chi connectivity index (χ1n) is 7.39. The summed E-state index contributed by atoms with van der Waals surface area (Å²) in [4.78, 5) is 2.42. The van der Waals surface area contributed by atoms with Crippen LogP contribution in [0, 0.1) is 11.6 Å². The highest BCUT2D eigenvalue weighted by molar-refractivity contribution is 5.20. The largest absolute Gasteiger partial charge is 0.300 e. The van der Waals surface area contributed by atoms with Crippen molar-refractivity contribution in [2.24, 2.45) is 0 Å². The fourth-order valence-corrected chi connectivity index (χ4v) is 2.99. The molecule has 3 heteroatoms. The number of halogens is 2. The monoisotopic (exact) mass is 267 g/mol. The zero-order valence-corrected chi connectivity index (χ0v) is 11.7. The van der Waals surface area contributed by atoms with E-state index in [4.69, 9.17) is 0 Å². The van der Waals surface area contributed by atoms with Crippen molar-refractivity contribution >= 4 is 0 Å². The van der Waals surface area contributed by atoms with E-state index in [1.54, 1.807) is 0 Å². The Labute approximate surface area is 114 Å². The Kier molecular flexibility index (Phi) is 5.32. The van der Waals surface area contributed by atoms with Gasteiger partial charge in [-0.15, -0.1) is 0 Å². The summed E-state index contributed by atoms with van der Waals surface area (Å²) in [5.74, 6) is -0.809. The Morgan fingerprint density at radius 3 is 2.32 bits per heavy atom. The van der Waals surface area contributed by atoms with Crippen molar-refractivity contribution in [2.75, 3.05) is 13.1 Å². The molecule has 1 aliphatic rings. The first-order valence-corrected chi connectivity index (χ1v) is 7.39. The highest BCUT2D eigenvalue weighted by Gasteiger charge is 2.22. The molecule has 106 valence electrons. The zero-order chi connectivity index (χ0) is 13.7. The molecule has 1 fully saturated rings. The molecular weight excluding hydrogens is 244 g/mol. The summed E-state index contributed by atoms with van der Waals surface area (Å²) in [6.07, 6.45) is 6.25. The standard InChI is InChI=1S/C16H23F2N/c1-2-7-13(19-10-4-3-5-11-19)12-14-15(17)8-6-9-16(14)18/h6,8-9,13H,2-5,7,10-12H2,1H3. The molecule has 0 saturated carbocycles. The molecule has 1 nitrogen and oxygen atoms in total. The Bertz CT molecular complexity index is 379. The van der Waals surface area contributed by atoms with Gasteiger partial charge in [-0.3, -0.25) is 0 Å². The third-order valence-electron chi connectivity index (χ3n) is 4.03. The molecule has 1 aromatic carbocycles. The average Bonchev–Trinajstić information content (AvgIpc) is 2.43. The van der Waals surface area contributed by atoms with Crippen LogP contribution in [-0.2, 0) is 6.42 Å². The number of nitrogens with zero attached hydrogens (tertiary/aromatic N) is 1. The topological polar surface area (TPSA) is 3.24 Å². The third kappa shape index (κ3) is 3.75. The SMILES string of the molecule is CCCC(Cc1c(F)cccc1F)N1CCCCC1. The van der Waals surface area contributed by atoms with E-state index in [9.17, 15) is 8.78 Å². The lowest BCUT2D eigenvalue weighted by atomic mass is 9.97. The second kappa shape index (κ2) is 6.99. The van der Waals surface area contributed by atoms with E-state index in [1.165, 1.54) is 37.5 Å². The fraction of sp³-hybridized carbons (Fsp3) is 0.625. The summed E-state index contributed by atoms with van der Waals surface area (Å²) >= 11 is 0. The van der Waals surface area contributed by atoms with Crippen molar-refractivity contribution in [3.8, 4) is 0 Å². The Morgan fingerprint density at radius 2 is 1.74 bits per heavy atom. The number of benzene rings is 1. The van der Waals surface area contributed by atoms with Crippen LogP contribution in [0.3, 0.4) is 0 Å². The van der Waals surface area contributed by atoms with Crippen molar-refractivity contribution in [1.29, 1.82) is 0 Å². The molecular formula is C16H23F2N. The van der Waals surface area contributed by atoms with Gasteiger partial charge in [0.1, 0.15) is 11.6 Å². The van der Waals surface area contributed by atoms with Crippen molar-refractivity contribution < 1.29 is 8.78 Å². The molecule has 1 unspecified atom stereocenters. The molecule has 0 amide bonds. The van der Waals surface area contributed by atoms with E-state index < -0.39 is 11.6 Å². The highest BCUT2D eigenvalue weighted by atomic mass is 19.1. The molecule has 0 aromatic heterocycles. The molecule has 0 spiro atoms. The fourth-order valence-electron chi connectivity index (χ4n) is 2.99. The van der Waals surface area contributed by atoms with Crippen LogP contribution >= 0.6 is 0 Å². The van der Waals surface area contributed by atoms with Gasteiger partial charge in [-0.05, 0) is 50.9 Å². The number of piperidine rings is 1. The second-order valence-corrected chi connectivity index (χ2v) is 5.44. The second-order valence-electron chi connectivity index (χ2n) is 5.44. The summed E-state index contributed by atoms with van der Waals surface area (Å²) in [6.45, 7) is 4.27. The quantitative estimate of drug-likeness (QED) is 0.774. The van der Waals surface area contributed by atoms with E-state index >= 15 is 0 Å². The van der Waals surface area contributed by atoms with Gasteiger partial charge in [0, 0.05) is 11.6 Å². The molecule has 1 aromatic rings. The van der Waals surface area contributed by atoms with Crippen molar-refractivity contribution in [1.82, 2.24) is 4.90 Å². The number of likely N-dealkylation sites (tertiary alicyclic amines) is 1. The normalized spacial score (nSPS) is 18.5. The average molecular weight is 267 g/mol. The van der Waals surface area contributed by atoms with E-state index in [2.05, 4.69) is 11.8 Å². The molecule has 1 aliphatic heterocycles. The Morgan fingerprint density at radius 1 is 1.11 bits per heavy atom. The smallest absolute Gasteiger partial charge is 0.129 e. The van der Waals surface area contributed by atoms with Crippen LogP contribution in [0.5, 0.6) is 0 Å². The first-order chi connectivity index (χ1) is 9.22. The predicted octanol–water partition coefficient (Wildman–Crippen LogP) is 4.16. The van der Waals surface area contributed by atoms with Gasteiger partial charge < -0.3 is 4.90 Å². The minimum atomic E-state index is -0.405. The summed E-state index contributed by atoms with van der Waals surface area (Å²) in [6, 6.07) is 4.43. The number of hydrogen-bond donors (Lipinski definition) is 0. The van der Waals surface area contributed by atoms with Gasteiger partial charge in [-0.2, -0.15) is 0 Å². The Hall–Kier alpha value is -0.960. The van der Waals surface area contributed by atoms with Crippen LogP contribution in [0.4, 0.5) is 8.78 Å². The molecule has 0 aliphatic carbocycles. The van der Waals surface area contributed by atoms with Crippen molar-refractivity contribution in [3.05, 3.63) is 35.4 Å². The van der Waals surface area contributed by atoms with E-state index in [1.807, 2.05) is 0 Å². The number of rotatable bonds is 5. The lowest BCUT2D eigenvalue weighted by Crippen LogP contribution is -2.40. The summed E-state index contributed by atoms with van der Waals surface area (Å²) < 4.78 is 27.5.